The number of benzene rings is 1. The van der Waals surface area contributed by atoms with Crippen LogP contribution in [0.15, 0.2) is 24.3 Å². The zero-order chi connectivity index (χ0) is 21.8. The molecule has 1 fully saturated rings. The van der Waals surface area contributed by atoms with Crippen molar-refractivity contribution in [3.63, 3.8) is 0 Å². The number of amides is 1. The Balaban J connectivity index is 1.33. The van der Waals surface area contributed by atoms with Gasteiger partial charge >= 0.3 is 0 Å². The number of nitrogens with zero attached hydrogens (tertiary/aromatic N) is 3. The molecule has 0 bridgehead atoms. The molecule has 1 N–H and O–H groups in total. The molecule has 0 saturated carbocycles. The van der Waals surface area contributed by atoms with E-state index in [9.17, 15) is 4.79 Å². The first-order chi connectivity index (χ1) is 15.1. The highest BCUT2D eigenvalue weighted by molar-refractivity contribution is 6.29. The molecule has 0 spiro atoms. The first kappa shape index (κ1) is 21.7. The molecular weight excluding hydrogens is 416 g/mol. The molecule has 2 aromatic rings. The second-order valence-electron chi connectivity index (χ2n) is 7.99. The summed E-state index contributed by atoms with van der Waals surface area (Å²) in [5.41, 5.74) is 3.09. The Morgan fingerprint density at radius 1 is 1.06 bits per heavy atom. The van der Waals surface area contributed by atoms with E-state index in [1.807, 2.05) is 6.07 Å². The number of anilines is 1. The second-order valence-corrected chi connectivity index (χ2v) is 8.38. The number of rotatable bonds is 7. The fourth-order valence-corrected chi connectivity index (χ4v) is 4.49. The summed E-state index contributed by atoms with van der Waals surface area (Å²) in [6.45, 7) is 5.03. The first-order valence-electron chi connectivity index (χ1n) is 10.7. The Morgan fingerprint density at radius 3 is 2.48 bits per heavy atom. The van der Waals surface area contributed by atoms with Gasteiger partial charge in [-0.1, -0.05) is 11.6 Å². The second kappa shape index (κ2) is 9.75. The van der Waals surface area contributed by atoms with Gasteiger partial charge in [0.15, 0.2) is 11.5 Å². The predicted octanol–water partition coefficient (Wildman–Crippen LogP) is 3.14. The van der Waals surface area contributed by atoms with E-state index in [2.05, 4.69) is 32.2 Å². The van der Waals surface area contributed by atoms with Crippen molar-refractivity contribution in [1.29, 1.82) is 0 Å². The number of ether oxygens (including phenoxy) is 2. The maximum atomic E-state index is 12.7. The van der Waals surface area contributed by atoms with Gasteiger partial charge < -0.3 is 19.7 Å². The SMILES string of the molecule is COc1cc2c(cc1OC)CN(CCNC(=O)c1cc(Cl)nc(N3CCCC3)c1)CC2. The van der Waals surface area contributed by atoms with Crippen LogP contribution in [0.1, 0.15) is 34.3 Å². The number of pyridine rings is 1. The molecular formula is C23H29ClN4O3. The molecule has 0 radical (unpaired) electrons. The van der Waals surface area contributed by atoms with Crippen molar-refractivity contribution in [3.05, 3.63) is 46.1 Å². The van der Waals surface area contributed by atoms with Gasteiger partial charge in [0, 0.05) is 44.8 Å². The van der Waals surface area contributed by atoms with Crippen molar-refractivity contribution in [2.24, 2.45) is 0 Å². The van der Waals surface area contributed by atoms with Gasteiger partial charge in [-0.05, 0) is 54.7 Å². The number of carbonyl (C=O) groups excluding carboxylic acids is 1. The topological polar surface area (TPSA) is 66.9 Å². The number of hydrogen-bond acceptors (Lipinski definition) is 6. The lowest BCUT2D eigenvalue weighted by atomic mass is 9.99. The van der Waals surface area contributed by atoms with Crippen LogP contribution in [-0.4, -0.2) is 62.7 Å². The summed E-state index contributed by atoms with van der Waals surface area (Å²) in [7, 11) is 3.31. The van der Waals surface area contributed by atoms with Gasteiger partial charge in [0.1, 0.15) is 11.0 Å². The van der Waals surface area contributed by atoms with E-state index < -0.39 is 0 Å². The summed E-state index contributed by atoms with van der Waals surface area (Å²) < 4.78 is 10.8. The van der Waals surface area contributed by atoms with Crippen molar-refractivity contribution in [1.82, 2.24) is 15.2 Å². The third kappa shape index (κ3) is 5.05. The van der Waals surface area contributed by atoms with Gasteiger partial charge in [0.05, 0.1) is 14.2 Å². The van der Waals surface area contributed by atoms with E-state index >= 15 is 0 Å². The quantitative estimate of drug-likeness (QED) is 0.662. The molecule has 1 amide bonds. The number of aromatic nitrogens is 1. The van der Waals surface area contributed by atoms with E-state index in [0.717, 1.165) is 69.3 Å². The van der Waals surface area contributed by atoms with Gasteiger partial charge in [-0.3, -0.25) is 9.69 Å². The molecule has 4 rings (SSSR count). The van der Waals surface area contributed by atoms with Crippen LogP contribution in [0, 0.1) is 0 Å². The van der Waals surface area contributed by atoms with E-state index in [0.29, 0.717) is 17.3 Å². The van der Waals surface area contributed by atoms with Crippen LogP contribution < -0.4 is 19.7 Å². The first-order valence-corrected chi connectivity index (χ1v) is 11.1. The molecule has 1 aromatic carbocycles. The Labute approximate surface area is 188 Å². The molecule has 0 atom stereocenters. The monoisotopic (exact) mass is 444 g/mol. The molecule has 2 aliphatic heterocycles. The molecule has 0 unspecified atom stereocenters. The van der Waals surface area contributed by atoms with E-state index in [1.165, 1.54) is 11.1 Å². The van der Waals surface area contributed by atoms with Crippen molar-refractivity contribution in [2.75, 3.05) is 51.8 Å². The van der Waals surface area contributed by atoms with Gasteiger partial charge in [-0.15, -0.1) is 0 Å². The maximum Gasteiger partial charge on any atom is 0.251 e. The highest BCUT2D eigenvalue weighted by Crippen LogP contribution is 2.33. The molecule has 2 aliphatic rings. The van der Waals surface area contributed by atoms with Crippen LogP contribution in [0.25, 0.3) is 0 Å². The van der Waals surface area contributed by atoms with E-state index in [1.54, 1.807) is 20.3 Å². The summed E-state index contributed by atoms with van der Waals surface area (Å²) >= 11 is 6.18. The minimum absolute atomic E-state index is 0.117. The number of carbonyl (C=O) groups is 1. The molecule has 166 valence electrons. The number of hydrogen-bond donors (Lipinski definition) is 1. The summed E-state index contributed by atoms with van der Waals surface area (Å²) in [4.78, 5) is 21.6. The van der Waals surface area contributed by atoms with E-state index in [4.69, 9.17) is 21.1 Å². The Kier molecular flexibility index (Phi) is 6.83. The van der Waals surface area contributed by atoms with Crippen molar-refractivity contribution in [2.45, 2.75) is 25.8 Å². The number of fused-ring (bicyclic) bond motifs is 1. The summed E-state index contributed by atoms with van der Waals surface area (Å²) in [6, 6.07) is 7.59. The standard InChI is InChI=1S/C23H29ClN4O3/c1-30-19-11-16-5-9-27(15-18(16)12-20(19)31-2)10-6-25-23(29)17-13-21(24)26-22(14-17)28-7-3-4-8-28/h11-14H,3-10,15H2,1-2H3,(H,25,29). The van der Waals surface area contributed by atoms with Gasteiger partial charge in [-0.25, -0.2) is 4.98 Å². The molecule has 31 heavy (non-hydrogen) atoms. The average molecular weight is 445 g/mol. The third-order valence-electron chi connectivity index (χ3n) is 5.98. The highest BCUT2D eigenvalue weighted by Gasteiger charge is 2.20. The summed E-state index contributed by atoms with van der Waals surface area (Å²) in [5, 5.41) is 3.38. The smallest absolute Gasteiger partial charge is 0.251 e. The minimum Gasteiger partial charge on any atom is -0.493 e. The van der Waals surface area contributed by atoms with Gasteiger partial charge in [-0.2, -0.15) is 0 Å². The van der Waals surface area contributed by atoms with E-state index in [-0.39, 0.29) is 5.91 Å². The lowest BCUT2D eigenvalue weighted by molar-refractivity contribution is 0.0947. The number of nitrogens with one attached hydrogen (secondary N) is 1. The van der Waals surface area contributed by atoms with Crippen LogP contribution in [0.4, 0.5) is 5.82 Å². The number of halogens is 1. The fraction of sp³-hybridized carbons (Fsp3) is 0.478. The molecule has 8 heteroatoms. The zero-order valence-corrected chi connectivity index (χ0v) is 18.9. The third-order valence-corrected chi connectivity index (χ3v) is 6.18. The molecule has 1 saturated heterocycles. The molecule has 7 nitrogen and oxygen atoms in total. The van der Waals surface area contributed by atoms with Crippen LogP contribution in [-0.2, 0) is 13.0 Å². The fourth-order valence-electron chi connectivity index (χ4n) is 4.28. The average Bonchev–Trinajstić information content (AvgIpc) is 3.32. The lowest BCUT2D eigenvalue weighted by Gasteiger charge is -2.29. The normalized spacial score (nSPS) is 16.2. The largest absolute Gasteiger partial charge is 0.493 e. The molecule has 1 aromatic heterocycles. The van der Waals surface area contributed by atoms with Crippen LogP contribution in [0.5, 0.6) is 11.5 Å². The van der Waals surface area contributed by atoms with Gasteiger partial charge in [0.2, 0.25) is 0 Å². The van der Waals surface area contributed by atoms with Crippen LogP contribution in [0.3, 0.4) is 0 Å². The maximum absolute atomic E-state index is 12.7. The zero-order valence-electron chi connectivity index (χ0n) is 18.1. The molecule has 0 aliphatic carbocycles. The molecule has 3 heterocycles. The van der Waals surface area contributed by atoms with Crippen molar-refractivity contribution in [3.8, 4) is 11.5 Å². The summed E-state index contributed by atoms with van der Waals surface area (Å²) in [5.74, 6) is 2.19. The van der Waals surface area contributed by atoms with Crippen LogP contribution >= 0.6 is 11.6 Å². The lowest BCUT2D eigenvalue weighted by Crippen LogP contribution is -2.38. The highest BCUT2D eigenvalue weighted by atomic mass is 35.5. The Hall–Kier alpha value is -2.51. The van der Waals surface area contributed by atoms with Crippen LogP contribution in [0.2, 0.25) is 5.15 Å². The number of methoxy groups -OCH3 is 2. The van der Waals surface area contributed by atoms with Crippen molar-refractivity contribution < 1.29 is 14.3 Å². The summed E-state index contributed by atoms with van der Waals surface area (Å²) in [6.07, 6.45) is 3.24. The Bertz CT molecular complexity index is 947. The van der Waals surface area contributed by atoms with Crippen molar-refractivity contribution >= 4 is 23.3 Å². The Morgan fingerprint density at radius 2 is 1.77 bits per heavy atom. The predicted molar refractivity (Wildman–Crippen MR) is 122 cm³/mol. The van der Waals surface area contributed by atoms with Gasteiger partial charge in [0.25, 0.3) is 5.91 Å². The minimum atomic E-state index is -0.117.